The number of hydrogen-bond donors (Lipinski definition) is 2. The van der Waals surface area contributed by atoms with Crippen LogP contribution in [0.25, 0.3) is 0 Å². The van der Waals surface area contributed by atoms with E-state index in [1.807, 2.05) is 37.6 Å². The number of benzene rings is 1. The van der Waals surface area contributed by atoms with Gasteiger partial charge < -0.3 is 15.4 Å². The van der Waals surface area contributed by atoms with Gasteiger partial charge in [0.1, 0.15) is 5.00 Å². The number of thiophene rings is 1. The molecule has 0 atom stereocenters. The van der Waals surface area contributed by atoms with Crippen molar-refractivity contribution in [2.24, 2.45) is 0 Å². The molecule has 0 fully saturated rings. The molecule has 0 radical (unpaired) electrons. The van der Waals surface area contributed by atoms with Crippen molar-refractivity contribution in [1.29, 1.82) is 0 Å². The number of thiocarbonyl (C=S) groups is 1. The summed E-state index contributed by atoms with van der Waals surface area (Å²) in [6, 6.07) is 8.09. The van der Waals surface area contributed by atoms with Gasteiger partial charge >= 0.3 is 5.97 Å². The third kappa shape index (κ3) is 5.31. The molecule has 1 aliphatic rings. The van der Waals surface area contributed by atoms with E-state index in [2.05, 4.69) is 43.8 Å². The highest BCUT2D eigenvalue weighted by atomic mass is 79.9. The third-order valence-corrected chi connectivity index (χ3v) is 8.25. The number of rotatable bonds is 6. The summed E-state index contributed by atoms with van der Waals surface area (Å²) < 4.78 is 8.36. The van der Waals surface area contributed by atoms with E-state index in [1.54, 1.807) is 11.3 Å². The fourth-order valence-corrected chi connectivity index (χ4v) is 5.94. The average Bonchev–Trinajstić information content (AvgIpc) is 3.26. The molecule has 0 amide bonds. The van der Waals surface area contributed by atoms with Crippen LogP contribution in [0.3, 0.4) is 0 Å². The monoisotopic (exact) mass is 546 g/mol. The molecule has 2 aromatic heterocycles. The summed E-state index contributed by atoms with van der Waals surface area (Å²) in [6.45, 7) is 6.88. The highest BCUT2D eigenvalue weighted by Crippen LogP contribution is 2.38. The molecular weight excluding hydrogens is 520 g/mol. The second kappa shape index (κ2) is 10.4. The first kappa shape index (κ1) is 23.9. The fourth-order valence-electron chi connectivity index (χ4n) is 4.09. The number of aromatic nitrogens is 2. The van der Waals surface area contributed by atoms with E-state index in [4.69, 9.17) is 17.0 Å². The largest absolute Gasteiger partial charge is 0.462 e. The Morgan fingerprint density at radius 1 is 1.27 bits per heavy atom. The zero-order chi connectivity index (χ0) is 23.5. The second-order valence-electron chi connectivity index (χ2n) is 8.06. The number of fused-ring (bicyclic) bond motifs is 1. The van der Waals surface area contributed by atoms with Crippen molar-refractivity contribution in [1.82, 2.24) is 9.78 Å². The van der Waals surface area contributed by atoms with Gasteiger partial charge in [-0.2, -0.15) is 5.10 Å². The highest BCUT2D eigenvalue weighted by Gasteiger charge is 2.26. The number of hydrogen-bond acceptors (Lipinski definition) is 5. The Morgan fingerprint density at radius 2 is 2.06 bits per heavy atom. The van der Waals surface area contributed by atoms with Crippen LogP contribution in [0.5, 0.6) is 0 Å². The van der Waals surface area contributed by atoms with Crippen molar-refractivity contribution in [2.45, 2.75) is 53.0 Å². The fraction of sp³-hybridized carbons (Fsp3) is 0.375. The number of anilines is 2. The maximum absolute atomic E-state index is 12.7. The topological polar surface area (TPSA) is 68.2 Å². The number of esters is 1. The van der Waals surface area contributed by atoms with Crippen LogP contribution in [0, 0.1) is 13.8 Å². The molecule has 2 heterocycles. The van der Waals surface area contributed by atoms with E-state index in [0.717, 1.165) is 63.4 Å². The number of nitrogens with one attached hydrogen (secondary N) is 2. The second-order valence-corrected chi connectivity index (χ2v) is 10.4. The van der Waals surface area contributed by atoms with Gasteiger partial charge in [-0.1, -0.05) is 12.1 Å². The lowest BCUT2D eigenvalue weighted by Gasteiger charge is -2.13. The normalized spacial score (nSPS) is 12.8. The molecular formula is C24H27BrN4O2S2. The molecule has 33 heavy (non-hydrogen) atoms. The van der Waals surface area contributed by atoms with Crippen LogP contribution in [0.4, 0.5) is 10.7 Å². The summed E-state index contributed by atoms with van der Waals surface area (Å²) in [4.78, 5) is 13.9. The molecule has 2 N–H and O–H groups in total. The summed E-state index contributed by atoms with van der Waals surface area (Å²) in [5.41, 5.74) is 5.82. The Morgan fingerprint density at radius 3 is 2.79 bits per heavy atom. The lowest BCUT2D eigenvalue weighted by Crippen LogP contribution is -2.20. The van der Waals surface area contributed by atoms with Gasteiger partial charge in [-0.05, 0) is 97.9 Å². The smallest absolute Gasteiger partial charge is 0.341 e. The Bertz CT molecular complexity index is 1200. The van der Waals surface area contributed by atoms with Crippen molar-refractivity contribution in [3.05, 3.63) is 61.7 Å². The Labute approximate surface area is 211 Å². The van der Waals surface area contributed by atoms with Gasteiger partial charge in [0.2, 0.25) is 0 Å². The molecule has 9 heteroatoms. The summed E-state index contributed by atoms with van der Waals surface area (Å²) in [6.07, 6.45) is 4.15. The van der Waals surface area contributed by atoms with Crippen molar-refractivity contribution < 1.29 is 9.53 Å². The van der Waals surface area contributed by atoms with Gasteiger partial charge in [0.25, 0.3) is 0 Å². The summed E-state index contributed by atoms with van der Waals surface area (Å²) in [5.74, 6) is -0.278. The lowest BCUT2D eigenvalue weighted by atomic mass is 9.95. The molecule has 6 nitrogen and oxygen atoms in total. The summed E-state index contributed by atoms with van der Waals surface area (Å²) in [5, 5.41) is 12.3. The highest BCUT2D eigenvalue weighted by molar-refractivity contribution is 9.10. The maximum Gasteiger partial charge on any atom is 0.341 e. The average molecular weight is 548 g/mol. The molecule has 0 aliphatic heterocycles. The number of nitrogens with zero attached hydrogens (tertiary/aromatic N) is 2. The van der Waals surface area contributed by atoms with E-state index in [-0.39, 0.29) is 5.97 Å². The SMILES string of the molecule is CCOC(=O)c1c(NC(=S)Nc2cccc(Cn3nc(C)c(Br)c3C)c2)sc2c1CCCC2. The van der Waals surface area contributed by atoms with Crippen molar-refractivity contribution in [3.63, 3.8) is 0 Å². The van der Waals surface area contributed by atoms with Crippen molar-refractivity contribution in [2.75, 3.05) is 17.2 Å². The van der Waals surface area contributed by atoms with E-state index in [1.165, 1.54) is 4.88 Å². The minimum absolute atomic E-state index is 0.278. The van der Waals surface area contributed by atoms with Crippen LogP contribution in [0.2, 0.25) is 0 Å². The minimum Gasteiger partial charge on any atom is -0.462 e. The Balaban J connectivity index is 1.49. The van der Waals surface area contributed by atoms with E-state index in [0.29, 0.717) is 23.8 Å². The van der Waals surface area contributed by atoms with Gasteiger partial charge in [-0.3, -0.25) is 4.68 Å². The van der Waals surface area contributed by atoms with E-state index < -0.39 is 0 Å². The molecule has 3 aromatic rings. The van der Waals surface area contributed by atoms with E-state index in [9.17, 15) is 4.79 Å². The maximum atomic E-state index is 12.7. The molecule has 0 unspecified atom stereocenters. The predicted octanol–water partition coefficient (Wildman–Crippen LogP) is 6.24. The molecule has 0 saturated carbocycles. The molecule has 1 aliphatic carbocycles. The standard InChI is InChI=1S/C24H27BrN4O2S2/c1-4-31-23(30)20-18-10-5-6-11-19(18)33-22(20)27-24(32)26-17-9-7-8-16(12-17)13-29-15(3)21(25)14(2)28-29/h7-9,12H,4-6,10-11,13H2,1-3H3,(H2,26,27,32). The first-order valence-corrected chi connectivity index (χ1v) is 13.1. The summed E-state index contributed by atoms with van der Waals surface area (Å²) in [7, 11) is 0. The van der Waals surface area contributed by atoms with Gasteiger partial charge in [0, 0.05) is 10.6 Å². The zero-order valence-electron chi connectivity index (χ0n) is 19.0. The molecule has 0 spiro atoms. The molecule has 4 rings (SSSR count). The number of carbonyl (C=O) groups is 1. The number of ether oxygens (including phenoxy) is 1. The van der Waals surface area contributed by atoms with Crippen molar-refractivity contribution in [3.8, 4) is 0 Å². The van der Waals surface area contributed by atoms with Crippen LogP contribution in [0.15, 0.2) is 28.7 Å². The first-order valence-electron chi connectivity index (χ1n) is 11.1. The molecule has 1 aromatic carbocycles. The van der Waals surface area contributed by atoms with Crippen LogP contribution in [-0.4, -0.2) is 27.5 Å². The van der Waals surface area contributed by atoms with Gasteiger partial charge in [0.15, 0.2) is 5.11 Å². The quantitative estimate of drug-likeness (QED) is 0.282. The van der Waals surface area contributed by atoms with Crippen LogP contribution in [0.1, 0.15) is 57.5 Å². The third-order valence-electron chi connectivity index (χ3n) is 5.69. The predicted molar refractivity (Wildman–Crippen MR) is 142 cm³/mol. The van der Waals surface area contributed by atoms with Crippen LogP contribution >= 0.6 is 39.5 Å². The van der Waals surface area contributed by atoms with Crippen molar-refractivity contribution >= 4 is 61.3 Å². The first-order chi connectivity index (χ1) is 15.9. The number of halogens is 1. The minimum atomic E-state index is -0.278. The Hall–Kier alpha value is -2.23. The van der Waals surface area contributed by atoms with E-state index >= 15 is 0 Å². The number of carbonyl (C=O) groups excluding carboxylic acids is 1. The van der Waals surface area contributed by atoms with Gasteiger partial charge in [-0.25, -0.2) is 4.79 Å². The number of aryl methyl sites for hydroxylation is 2. The molecule has 0 saturated heterocycles. The molecule has 174 valence electrons. The Kier molecular flexibility index (Phi) is 7.51. The van der Waals surface area contributed by atoms with Gasteiger partial charge in [0.05, 0.1) is 34.6 Å². The molecule has 0 bridgehead atoms. The summed E-state index contributed by atoms with van der Waals surface area (Å²) >= 11 is 10.8. The van der Waals surface area contributed by atoms with Crippen LogP contribution < -0.4 is 10.6 Å². The van der Waals surface area contributed by atoms with Crippen LogP contribution in [-0.2, 0) is 24.1 Å². The van der Waals surface area contributed by atoms with Gasteiger partial charge in [-0.15, -0.1) is 11.3 Å². The lowest BCUT2D eigenvalue weighted by molar-refractivity contribution is 0.0526. The zero-order valence-corrected chi connectivity index (χ0v) is 22.2.